The van der Waals surface area contributed by atoms with Gasteiger partial charge in [0.25, 0.3) is 0 Å². The quantitative estimate of drug-likeness (QED) is 0.479. The number of hydrogen-bond acceptors (Lipinski definition) is 3. The van der Waals surface area contributed by atoms with E-state index < -0.39 is 0 Å². The summed E-state index contributed by atoms with van der Waals surface area (Å²) in [5, 5.41) is 0. The molecule has 0 heterocycles. The minimum Gasteiger partial charge on any atom is -0.497 e. The van der Waals surface area contributed by atoms with E-state index in [1.165, 1.54) is 16.7 Å². The highest BCUT2D eigenvalue weighted by Crippen LogP contribution is 2.46. The Morgan fingerprint density at radius 1 is 1.00 bits per heavy atom. The van der Waals surface area contributed by atoms with E-state index in [4.69, 9.17) is 9.47 Å². The van der Waals surface area contributed by atoms with Gasteiger partial charge in [-0.3, -0.25) is 0 Å². The SMILES string of the molecule is COc1ccc(C2CCc3cc(OC)ccc3C2CCCCC=O)cc1. The van der Waals surface area contributed by atoms with Gasteiger partial charge in [0.15, 0.2) is 0 Å². The predicted octanol–water partition coefficient (Wildman–Crippen LogP) is 5.28. The largest absolute Gasteiger partial charge is 0.497 e. The molecule has 0 aliphatic heterocycles. The number of rotatable bonds is 8. The van der Waals surface area contributed by atoms with Crippen molar-refractivity contribution in [2.45, 2.75) is 50.4 Å². The van der Waals surface area contributed by atoms with E-state index in [0.29, 0.717) is 18.3 Å². The Hall–Kier alpha value is -2.29. The minimum atomic E-state index is 0.490. The minimum absolute atomic E-state index is 0.490. The van der Waals surface area contributed by atoms with Crippen molar-refractivity contribution in [3.8, 4) is 11.5 Å². The maximum absolute atomic E-state index is 10.6. The first kappa shape index (κ1) is 18.5. The number of fused-ring (bicyclic) bond motifs is 1. The molecule has 138 valence electrons. The Labute approximate surface area is 156 Å². The fourth-order valence-corrected chi connectivity index (χ4v) is 4.21. The molecule has 3 rings (SSSR count). The van der Waals surface area contributed by atoms with E-state index in [0.717, 1.165) is 49.9 Å². The Balaban J connectivity index is 1.87. The van der Waals surface area contributed by atoms with Crippen molar-refractivity contribution in [1.82, 2.24) is 0 Å². The Morgan fingerprint density at radius 2 is 1.73 bits per heavy atom. The molecule has 1 aliphatic rings. The highest BCUT2D eigenvalue weighted by molar-refractivity contribution is 5.49. The van der Waals surface area contributed by atoms with Gasteiger partial charge in [0.2, 0.25) is 0 Å². The first-order valence-corrected chi connectivity index (χ1v) is 9.51. The number of aryl methyl sites for hydroxylation is 1. The zero-order chi connectivity index (χ0) is 18.4. The van der Waals surface area contributed by atoms with Gasteiger partial charge in [-0.05, 0) is 78.5 Å². The van der Waals surface area contributed by atoms with Crippen LogP contribution >= 0.6 is 0 Å². The van der Waals surface area contributed by atoms with Crippen LogP contribution in [0.2, 0.25) is 0 Å². The van der Waals surface area contributed by atoms with E-state index >= 15 is 0 Å². The van der Waals surface area contributed by atoms with Crippen LogP contribution in [0.15, 0.2) is 42.5 Å². The summed E-state index contributed by atoms with van der Waals surface area (Å²) in [4.78, 5) is 10.6. The number of unbranched alkanes of at least 4 members (excludes halogenated alkanes) is 2. The maximum atomic E-state index is 10.6. The normalized spacial score (nSPS) is 18.8. The van der Waals surface area contributed by atoms with E-state index in [-0.39, 0.29) is 0 Å². The van der Waals surface area contributed by atoms with Gasteiger partial charge in [-0.1, -0.05) is 24.6 Å². The lowest BCUT2D eigenvalue weighted by molar-refractivity contribution is -0.107. The first-order valence-electron chi connectivity index (χ1n) is 9.51. The van der Waals surface area contributed by atoms with Crippen LogP contribution in [0.25, 0.3) is 0 Å². The van der Waals surface area contributed by atoms with Crippen molar-refractivity contribution in [3.05, 3.63) is 59.2 Å². The molecule has 3 heteroatoms. The summed E-state index contributed by atoms with van der Waals surface area (Å²) in [5.74, 6) is 2.84. The highest BCUT2D eigenvalue weighted by Gasteiger charge is 2.30. The monoisotopic (exact) mass is 352 g/mol. The van der Waals surface area contributed by atoms with Crippen LogP contribution in [0.1, 0.15) is 60.6 Å². The molecule has 2 atom stereocenters. The number of methoxy groups -OCH3 is 2. The molecule has 0 aromatic heterocycles. The average molecular weight is 352 g/mol. The third-order valence-electron chi connectivity index (χ3n) is 5.59. The molecule has 2 unspecified atom stereocenters. The summed E-state index contributed by atoms with van der Waals surface area (Å²) in [6.07, 6.45) is 7.08. The lowest BCUT2D eigenvalue weighted by atomic mass is 9.70. The molecule has 3 nitrogen and oxygen atoms in total. The summed E-state index contributed by atoms with van der Waals surface area (Å²) < 4.78 is 10.7. The van der Waals surface area contributed by atoms with Crippen LogP contribution in [-0.2, 0) is 11.2 Å². The molecule has 0 saturated carbocycles. The van der Waals surface area contributed by atoms with Gasteiger partial charge >= 0.3 is 0 Å². The molecular formula is C23H28O3. The summed E-state index contributed by atoms with van der Waals surface area (Å²) in [5.41, 5.74) is 4.24. The molecule has 0 spiro atoms. The van der Waals surface area contributed by atoms with Crippen molar-refractivity contribution in [2.24, 2.45) is 0 Å². The van der Waals surface area contributed by atoms with Gasteiger partial charge in [0.05, 0.1) is 14.2 Å². The highest BCUT2D eigenvalue weighted by atomic mass is 16.5. The molecule has 0 N–H and O–H groups in total. The fourth-order valence-electron chi connectivity index (χ4n) is 4.21. The summed E-state index contributed by atoms with van der Waals surface area (Å²) >= 11 is 0. The molecule has 2 aromatic rings. The Morgan fingerprint density at radius 3 is 2.42 bits per heavy atom. The second kappa shape index (κ2) is 8.88. The van der Waals surface area contributed by atoms with Gasteiger partial charge in [0.1, 0.15) is 17.8 Å². The fraction of sp³-hybridized carbons (Fsp3) is 0.435. The topological polar surface area (TPSA) is 35.5 Å². The molecule has 2 aromatic carbocycles. The zero-order valence-electron chi connectivity index (χ0n) is 15.7. The summed E-state index contributed by atoms with van der Waals surface area (Å²) in [6.45, 7) is 0. The Kier molecular flexibility index (Phi) is 6.32. The standard InChI is InChI=1S/C23H28O3/c1-25-19-10-7-17(8-11-19)21-13-9-18-16-20(26-2)12-14-22(18)23(21)6-4-3-5-15-24/h7-8,10-12,14-16,21,23H,3-6,9,13H2,1-2H3. The molecule has 0 bridgehead atoms. The molecule has 0 saturated heterocycles. The van der Waals surface area contributed by atoms with Crippen LogP contribution in [0.4, 0.5) is 0 Å². The third-order valence-corrected chi connectivity index (χ3v) is 5.59. The number of benzene rings is 2. The molecule has 1 aliphatic carbocycles. The number of aldehydes is 1. The van der Waals surface area contributed by atoms with E-state index in [9.17, 15) is 4.79 Å². The van der Waals surface area contributed by atoms with Crippen LogP contribution < -0.4 is 9.47 Å². The first-order chi connectivity index (χ1) is 12.8. The average Bonchev–Trinajstić information content (AvgIpc) is 2.70. The second-order valence-corrected chi connectivity index (χ2v) is 7.04. The van der Waals surface area contributed by atoms with Crippen molar-refractivity contribution in [1.29, 1.82) is 0 Å². The van der Waals surface area contributed by atoms with Gasteiger partial charge < -0.3 is 14.3 Å². The van der Waals surface area contributed by atoms with Crippen molar-refractivity contribution < 1.29 is 14.3 Å². The van der Waals surface area contributed by atoms with Gasteiger partial charge in [0, 0.05) is 6.42 Å². The van der Waals surface area contributed by atoms with E-state index in [1.807, 2.05) is 0 Å². The lowest BCUT2D eigenvalue weighted by Gasteiger charge is -2.34. The third kappa shape index (κ3) is 4.09. The van der Waals surface area contributed by atoms with Crippen LogP contribution in [0.3, 0.4) is 0 Å². The van der Waals surface area contributed by atoms with Crippen molar-refractivity contribution >= 4 is 6.29 Å². The number of hydrogen-bond donors (Lipinski definition) is 0. The zero-order valence-corrected chi connectivity index (χ0v) is 15.7. The van der Waals surface area contributed by atoms with Crippen LogP contribution in [0, 0.1) is 0 Å². The molecular weight excluding hydrogens is 324 g/mol. The summed E-state index contributed by atoms with van der Waals surface area (Å²) in [6, 6.07) is 15.0. The summed E-state index contributed by atoms with van der Waals surface area (Å²) in [7, 11) is 3.43. The molecule has 0 fully saturated rings. The van der Waals surface area contributed by atoms with E-state index in [2.05, 4.69) is 42.5 Å². The smallest absolute Gasteiger partial charge is 0.119 e. The predicted molar refractivity (Wildman–Crippen MR) is 104 cm³/mol. The number of carbonyl (C=O) groups excluding carboxylic acids is 1. The number of carbonyl (C=O) groups is 1. The molecule has 0 radical (unpaired) electrons. The van der Waals surface area contributed by atoms with Crippen LogP contribution in [-0.4, -0.2) is 20.5 Å². The van der Waals surface area contributed by atoms with E-state index in [1.54, 1.807) is 14.2 Å². The second-order valence-electron chi connectivity index (χ2n) is 7.04. The maximum Gasteiger partial charge on any atom is 0.119 e. The van der Waals surface area contributed by atoms with Gasteiger partial charge in [-0.2, -0.15) is 0 Å². The van der Waals surface area contributed by atoms with Gasteiger partial charge in [-0.25, -0.2) is 0 Å². The van der Waals surface area contributed by atoms with Crippen molar-refractivity contribution in [3.63, 3.8) is 0 Å². The molecule has 26 heavy (non-hydrogen) atoms. The lowest BCUT2D eigenvalue weighted by Crippen LogP contribution is -2.19. The molecule has 0 amide bonds. The Bertz CT molecular complexity index is 721. The van der Waals surface area contributed by atoms with Gasteiger partial charge in [-0.15, -0.1) is 0 Å². The van der Waals surface area contributed by atoms with Crippen molar-refractivity contribution in [2.75, 3.05) is 14.2 Å². The number of ether oxygens (including phenoxy) is 2. The van der Waals surface area contributed by atoms with Crippen LogP contribution in [0.5, 0.6) is 11.5 Å².